The van der Waals surface area contributed by atoms with Gasteiger partial charge in [0.05, 0.1) is 18.0 Å². The van der Waals surface area contributed by atoms with Crippen molar-refractivity contribution in [3.8, 4) is 11.3 Å². The fraction of sp³-hybridized carbons (Fsp3) is 0.294. The van der Waals surface area contributed by atoms with Crippen LogP contribution in [0.3, 0.4) is 0 Å². The molecule has 0 atom stereocenters. The van der Waals surface area contributed by atoms with Gasteiger partial charge in [0, 0.05) is 36.8 Å². The second-order valence-corrected chi connectivity index (χ2v) is 6.52. The average Bonchev–Trinajstić information content (AvgIpc) is 3.23. The highest BCUT2D eigenvalue weighted by Crippen LogP contribution is 2.24. The van der Waals surface area contributed by atoms with Crippen LogP contribution in [0.2, 0.25) is 0 Å². The molecule has 3 heterocycles. The summed E-state index contributed by atoms with van der Waals surface area (Å²) in [5, 5.41) is 6.22. The van der Waals surface area contributed by atoms with Crippen molar-refractivity contribution in [2.24, 2.45) is 0 Å². The Morgan fingerprint density at radius 2 is 2.21 bits per heavy atom. The van der Waals surface area contributed by atoms with Crippen LogP contribution in [0.1, 0.15) is 16.5 Å². The molecule has 0 bridgehead atoms. The summed E-state index contributed by atoms with van der Waals surface area (Å²) in [6.45, 7) is 3.53. The molecule has 1 N–H and O–H groups in total. The topological polar surface area (TPSA) is 52.0 Å². The summed E-state index contributed by atoms with van der Waals surface area (Å²) in [6.07, 6.45) is 1.89. The van der Waals surface area contributed by atoms with Crippen LogP contribution in [0, 0.1) is 5.82 Å². The van der Waals surface area contributed by atoms with Gasteiger partial charge in [0.2, 0.25) is 0 Å². The van der Waals surface area contributed by atoms with Gasteiger partial charge in [-0.05, 0) is 12.1 Å². The third-order valence-electron chi connectivity index (χ3n) is 4.00. The van der Waals surface area contributed by atoms with Gasteiger partial charge in [-0.25, -0.2) is 14.4 Å². The maximum atomic E-state index is 13.8. The highest BCUT2D eigenvalue weighted by Gasteiger charge is 2.14. The Labute approximate surface area is 143 Å². The van der Waals surface area contributed by atoms with E-state index in [-0.39, 0.29) is 5.82 Å². The van der Waals surface area contributed by atoms with E-state index in [0.717, 1.165) is 36.2 Å². The summed E-state index contributed by atoms with van der Waals surface area (Å²) in [5.41, 5.74) is 2.39. The largest absolute Gasteiger partial charge is 0.372 e. The number of thiazole rings is 1. The first-order valence-electron chi connectivity index (χ1n) is 7.82. The number of imidazole rings is 1. The minimum atomic E-state index is -0.240. The van der Waals surface area contributed by atoms with Gasteiger partial charge in [0.1, 0.15) is 23.3 Å². The molecule has 3 aromatic rings. The molecular weight excluding hydrogens is 327 g/mol. The number of hydrogen-bond acceptors (Lipinski definition) is 5. The van der Waals surface area contributed by atoms with Crippen LogP contribution in [-0.2, 0) is 31.0 Å². The number of halogens is 1. The van der Waals surface area contributed by atoms with Crippen molar-refractivity contribution in [2.75, 3.05) is 6.61 Å². The van der Waals surface area contributed by atoms with Gasteiger partial charge in [0.25, 0.3) is 0 Å². The first-order chi connectivity index (χ1) is 11.8. The molecule has 124 valence electrons. The quantitative estimate of drug-likeness (QED) is 0.773. The number of nitrogens with zero attached hydrogens (tertiary/aromatic N) is 3. The highest BCUT2D eigenvalue weighted by molar-refractivity contribution is 7.09. The second-order valence-electron chi connectivity index (χ2n) is 5.58. The monoisotopic (exact) mass is 344 g/mol. The summed E-state index contributed by atoms with van der Waals surface area (Å²) in [7, 11) is 0. The Balaban J connectivity index is 1.39. The molecular formula is C17H17FN4OS. The number of rotatable bonds is 5. The van der Waals surface area contributed by atoms with Crippen LogP contribution >= 0.6 is 11.3 Å². The van der Waals surface area contributed by atoms with Gasteiger partial charge in [0.15, 0.2) is 0 Å². The molecule has 5 nitrogen and oxygen atoms in total. The van der Waals surface area contributed by atoms with E-state index < -0.39 is 0 Å². The van der Waals surface area contributed by atoms with Gasteiger partial charge >= 0.3 is 0 Å². The Morgan fingerprint density at radius 1 is 1.29 bits per heavy atom. The van der Waals surface area contributed by atoms with Crippen molar-refractivity contribution >= 4 is 11.3 Å². The molecule has 1 aliphatic heterocycles. The molecule has 24 heavy (non-hydrogen) atoms. The fourth-order valence-corrected chi connectivity index (χ4v) is 3.55. The summed E-state index contributed by atoms with van der Waals surface area (Å²) in [6, 6.07) is 6.72. The molecule has 0 amide bonds. The third kappa shape index (κ3) is 3.10. The Bertz CT molecular complexity index is 845. The van der Waals surface area contributed by atoms with Crippen molar-refractivity contribution < 1.29 is 9.13 Å². The summed E-state index contributed by atoms with van der Waals surface area (Å²) < 4.78 is 21.4. The van der Waals surface area contributed by atoms with E-state index in [0.29, 0.717) is 24.4 Å². The summed E-state index contributed by atoms with van der Waals surface area (Å²) in [4.78, 5) is 8.90. The number of ether oxygens (including phenoxy) is 1. The zero-order valence-corrected chi connectivity index (χ0v) is 13.9. The van der Waals surface area contributed by atoms with E-state index in [1.165, 1.54) is 17.4 Å². The fourth-order valence-electron chi connectivity index (χ4n) is 2.78. The second kappa shape index (κ2) is 6.80. The lowest BCUT2D eigenvalue weighted by molar-refractivity contribution is 0.0805. The van der Waals surface area contributed by atoms with Crippen molar-refractivity contribution in [1.82, 2.24) is 19.9 Å². The number of benzene rings is 1. The molecule has 1 aliphatic rings. The van der Waals surface area contributed by atoms with Gasteiger partial charge in [-0.1, -0.05) is 12.1 Å². The Hall–Kier alpha value is -2.09. The lowest BCUT2D eigenvalue weighted by Crippen LogP contribution is -2.21. The zero-order valence-electron chi connectivity index (χ0n) is 13.0. The van der Waals surface area contributed by atoms with Crippen LogP contribution in [0.25, 0.3) is 11.3 Å². The van der Waals surface area contributed by atoms with Crippen LogP contribution in [0.5, 0.6) is 0 Å². The van der Waals surface area contributed by atoms with Gasteiger partial charge in [-0.2, -0.15) is 0 Å². The minimum absolute atomic E-state index is 0.240. The lowest BCUT2D eigenvalue weighted by atomic mass is 10.2. The maximum Gasteiger partial charge on any atom is 0.135 e. The van der Waals surface area contributed by atoms with Crippen LogP contribution in [0.4, 0.5) is 4.39 Å². The summed E-state index contributed by atoms with van der Waals surface area (Å²) >= 11 is 1.54. The zero-order chi connectivity index (χ0) is 16.4. The Kier molecular flexibility index (Phi) is 4.38. The normalized spacial score (nSPS) is 13.9. The van der Waals surface area contributed by atoms with Crippen LogP contribution in [-0.4, -0.2) is 21.1 Å². The molecule has 0 fully saturated rings. The Morgan fingerprint density at radius 3 is 3.12 bits per heavy atom. The van der Waals surface area contributed by atoms with Crippen molar-refractivity contribution in [3.05, 3.63) is 58.2 Å². The number of hydrogen-bond donors (Lipinski definition) is 1. The van der Waals surface area contributed by atoms with E-state index in [2.05, 4.69) is 19.9 Å². The summed E-state index contributed by atoms with van der Waals surface area (Å²) in [5.74, 6) is 0.740. The van der Waals surface area contributed by atoms with E-state index >= 15 is 0 Å². The third-order valence-corrected chi connectivity index (χ3v) is 4.84. The van der Waals surface area contributed by atoms with Crippen molar-refractivity contribution in [1.29, 1.82) is 0 Å². The van der Waals surface area contributed by atoms with E-state index in [9.17, 15) is 4.39 Å². The van der Waals surface area contributed by atoms with E-state index in [4.69, 9.17) is 4.74 Å². The number of nitrogens with one attached hydrogen (secondary N) is 1. The number of aromatic nitrogens is 3. The van der Waals surface area contributed by atoms with Crippen LogP contribution < -0.4 is 5.32 Å². The van der Waals surface area contributed by atoms with Crippen LogP contribution in [0.15, 0.2) is 35.8 Å². The molecule has 7 heteroatoms. The maximum absolute atomic E-state index is 13.8. The first kappa shape index (κ1) is 15.4. The molecule has 0 saturated heterocycles. The van der Waals surface area contributed by atoms with E-state index in [1.807, 2.05) is 17.6 Å². The SMILES string of the molecule is Fc1ccccc1-c1csc(CNCc2cnc3n2CCOC3)n1. The predicted molar refractivity (Wildman–Crippen MR) is 89.9 cm³/mol. The highest BCUT2D eigenvalue weighted by atomic mass is 32.1. The minimum Gasteiger partial charge on any atom is -0.372 e. The molecule has 0 spiro atoms. The molecule has 0 radical (unpaired) electrons. The molecule has 0 saturated carbocycles. The van der Waals surface area contributed by atoms with Crippen molar-refractivity contribution in [2.45, 2.75) is 26.2 Å². The van der Waals surface area contributed by atoms with E-state index in [1.54, 1.807) is 12.1 Å². The first-order valence-corrected chi connectivity index (χ1v) is 8.70. The van der Waals surface area contributed by atoms with Crippen molar-refractivity contribution in [3.63, 3.8) is 0 Å². The molecule has 0 unspecified atom stereocenters. The van der Waals surface area contributed by atoms with Gasteiger partial charge in [-0.15, -0.1) is 11.3 Å². The average molecular weight is 344 g/mol. The van der Waals surface area contributed by atoms with Gasteiger partial charge < -0.3 is 14.6 Å². The molecule has 2 aromatic heterocycles. The molecule has 4 rings (SSSR count). The molecule has 0 aliphatic carbocycles. The number of fused-ring (bicyclic) bond motifs is 1. The van der Waals surface area contributed by atoms with Gasteiger partial charge in [-0.3, -0.25) is 0 Å². The predicted octanol–water partition coefficient (Wildman–Crippen LogP) is 2.97. The standard InChI is InChI=1S/C17H17FN4OS/c18-14-4-2-1-3-13(14)15-11-24-17(21-15)9-19-7-12-8-20-16-10-23-6-5-22(12)16/h1-4,8,11,19H,5-7,9-10H2. The smallest absolute Gasteiger partial charge is 0.135 e. The lowest BCUT2D eigenvalue weighted by Gasteiger charge is -2.17. The molecule has 1 aromatic carbocycles.